The summed E-state index contributed by atoms with van der Waals surface area (Å²) in [4.78, 5) is 10.4. The molecule has 0 bridgehead atoms. The Morgan fingerprint density at radius 3 is 2.81 bits per heavy atom. The van der Waals surface area contributed by atoms with Crippen molar-refractivity contribution in [2.75, 3.05) is 37.9 Å². The van der Waals surface area contributed by atoms with Gasteiger partial charge in [-0.1, -0.05) is 0 Å². The van der Waals surface area contributed by atoms with Crippen molar-refractivity contribution < 1.29 is 0 Å². The molecule has 90 valence electrons. The largest absolute Gasteiger partial charge is 0.370 e. The van der Waals surface area contributed by atoms with Crippen molar-refractivity contribution in [3.05, 3.63) is 11.8 Å². The molecule has 0 fully saturated rings. The normalized spacial score (nSPS) is 10.6. The molecule has 1 aromatic rings. The summed E-state index contributed by atoms with van der Waals surface area (Å²) in [6.45, 7) is 3.91. The highest BCUT2D eigenvalue weighted by Gasteiger charge is 2.01. The molecular weight excluding hydrogens is 204 g/mol. The summed E-state index contributed by atoms with van der Waals surface area (Å²) in [5.41, 5.74) is 3.45. The zero-order valence-electron chi connectivity index (χ0n) is 10.1. The van der Waals surface area contributed by atoms with E-state index in [9.17, 15) is 0 Å². The van der Waals surface area contributed by atoms with E-state index < -0.39 is 0 Å². The summed E-state index contributed by atoms with van der Waals surface area (Å²) in [5.74, 6) is 6.52. The average molecular weight is 224 g/mol. The Kier molecular flexibility index (Phi) is 4.94. The van der Waals surface area contributed by atoms with Gasteiger partial charge < -0.3 is 10.2 Å². The van der Waals surface area contributed by atoms with E-state index in [0.29, 0.717) is 5.95 Å². The molecule has 6 heteroatoms. The Labute approximate surface area is 96.2 Å². The number of nitrogens with one attached hydrogen (secondary N) is 2. The summed E-state index contributed by atoms with van der Waals surface area (Å²) in [6.07, 6.45) is 2.82. The van der Waals surface area contributed by atoms with E-state index in [4.69, 9.17) is 5.84 Å². The maximum Gasteiger partial charge on any atom is 0.239 e. The SMILES string of the molecule is Cc1cnc(NN)nc1NCCCN(C)C. The third kappa shape index (κ3) is 4.00. The summed E-state index contributed by atoms with van der Waals surface area (Å²) in [5, 5.41) is 3.27. The van der Waals surface area contributed by atoms with E-state index in [0.717, 1.165) is 30.9 Å². The molecule has 6 nitrogen and oxygen atoms in total. The van der Waals surface area contributed by atoms with Gasteiger partial charge in [0, 0.05) is 18.3 Å². The fourth-order valence-electron chi connectivity index (χ4n) is 1.29. The third-order valence-corrected chi connectivity index (χ3v) is 2.18. The van der Waals surface area contributed by atoms with Crippen LogP contribution in [0.3, 0.4) is 0 Å². The van der Waals surface area contributed by atoms with Gasteiger partial charge in [-0.15, -0.1) is 0 Å². The lowest BCUT2D eigenvalue weighted by Crippen LogP contribution is -2.17. The van der Waals surface area contributed by atoms with Gasteiger partial charge >= 0.3 is 0 Å². The van der Waals surface area contributed by atoms with Gasteiger partial charge in [0.1, 0.15) is 5.82 Å². The molecule has 0 unspecified atom stereocenters. The topological polar surface area (TPSA) is 79.1 Å². The first-order valence-corrected chi connectivity index (χ1v) is 5.32. The van der Waals surface area contributed by atoms with Gasteiger partial charge in [0.05, 0.1) is 0 Å². The number of hydrogen-bond donors (Lipinski definition) is 3. The lowest BCUT2D eigenvalue weighted by atomic mass is 10.3. The fourth-order valence-corrected chi connectivity index (χ4v) is 1.29. The van der Waals surface area contributed by atoms with Crippen LogP contribution in [-0.4, -0.2) is 42.1 Å². The molecule has 1 rings (SSSR count). The number of nitrogen functional groups attached to an aromatic ring is 1. The van der Waals surface area contributed by atoms with E-state index in [1.165, 1.54) is 0 Å². The van der Waals surface area contributed by atoms with Crippen molar-refractivity contribution in [2.45, 2.75) is 13.3 Å². The van der Waals surface area contributed by atoms with E-state index in [-0.39, 0.29) is 0 Å². The summed E-state index contributed by atoms with van der Waals surface area (Å²) in [7, 11) is 4.12. The van der Waals surface area contributed by atoms with E-state index in [1.54, 1.807) is 6.20 Å². The third-order valence-electron chi connectivity index (χ3n) is 2.18. The van der Waals surface area contributed by atoms with Gasteiger partial charge in [-0.25, -0.2) is 10.8 Å². The average Bonchev–Trinajstić information content (AvgIpc) is 2.26. The maximum absolute atomic E-state index is 5.25. The number of nitrogens with zero attached hydrogens (tertiary/aromatic N) is 3. The highest BCUT2D eigenvalue weighted by atomic mass is 15.3. The van der Waals surface area contributed by atoms with Crippen molar-refractivity contribution in [3.8, 4) is 0 Å². The number of nitrogens with two attached hydrogens (primary N) is 1. The minimum absolute atomic E-state index is 0.431. The number of aromatic nitrogens is 2. The summed E-state index contributed by atoms with van der Waals surface area (Å²) < 4.78 is 0. The summed E-state index contributed by atoms with van der Waals surface area (Å²) >= 11 is 0. The second-order valence-corrected chi connectivity index (χ2v) is 3.95. The molecule has 16 heavy (non-hydrogen) atoms. The molecule has 1 aromatic heterocycles. The molecular formula is C10H20N6. The Balaban J connectivity index is 2.46. The van der Waals surface area contributed by atoms with Crippen LogP contribution in [0.15, 0.2) is 6.20 Å². The summed E-state index contributed by atoms with van der Waals surface area (Å²) in [6, 6.07) is 0. The highest BCUT2D eigenvalue weighted by Crippen LogP contribution is 2.11. The van der Waals surface area contributed by atoms with Crippen LogP contribution < -0.4 is 16.6 Å². The van der Waals surface area contributed by atoms with Crippen molar-refractivity contribution in [1.82, 2.24) is 14.9 Å². The minimum atomic E-state index is 0.431. The van der Waals surface area contributed by atoms with Crippen molar-refractivity contribution in [2.24, 2.45) is 5.84 Å². The van der Waals surface area contributed by atoms with Gasteiger partial charge in [0.15, 0.2) is 0 Å². The fraction of sp³-hybridized carbons (Fsp3) is 0.600. The lowest BCUT2D eigenvalue weighted by molar-refractivity contribution is 0.405. The first-order valence-electron chi connectivity index (χ1n) is 5.32. The first-order chi connectivity index (χ1) is 7.63. The Hall–Kier alpha value is -1.40. The highest BCUT2D eigenvalue weighted by molar-refractivity contribution is 5.45. The second-order valence-electron chi connectivity index (χ2n) is 3.95. The van der Waals surface area contributed by atoms with Crippen LogP contribution in [0.2, 0.25) is 0 Å². The molecule has 0 aromatic carbocycles. The molecule has 0 saturated carbocycles. The van der Waals surface area contributed by atoms with Crippen LogP contribution in [0.25, 0.3) is 0 Å². The van der Waals surface area contributed by atoms with Gasteiger partial charge in [-0.05, 0) is 34.0 Å². The predicted molar refractivity (Wildman–Crippen MR) is 66.2 cm³/mol. The lowest BCUT2D eigenvalue weighted by Gasteiger charge is -2.11. The minimum Gasteiger partial charge on any atom is -0.370 e. The first kappa shape index (κ1) is 12.7. The van der Waals surface area contributed by atoms with E-state index >= 15 is 0 Å². The van der Waals surface area contributed by atoms with Crippen LogP contribution >= 0.6 is 0 Å². The van der Waals surface area contributed by atoms with Crippen molar-refractivity contribution in [1.29, 1.82) is 0 Å². The molecule has 0 atom stereocenters. The maximum atomic E-state index is 5.25. The van der Waals surface area contributed by atoms with Crippen LogP contribution in [0, 0.1) is 6.92 Å². The molecule has 0 spiro atoms. The zero-order valence-corrected chi connectivity index (χ0v) is 10.1. The van der Waals surface area contributed by atoms with Crippen LogP contribution in [0.1, 0.15) is 12.0 Å². The van der Waals surface area contributed by atoms with Crippen LogP contribution in [0.5, 0.6) is 0 Å². The van der Waals surface area contributed by atoms with Crippen LogP contribution in [-0.2, 0) is 0 Å². The standard InChI is InChI=1S/C10H20N6/c1-8-7-13-10(15-11)14-9(8)12-5-4-6-16(2)3/h7H,4-6,11H2,1-3H3,(H2,12,13,14,15). The molecule has 0 amide bonds. The smallest absolute Gasteiger partial charge is 0.239 e. The van der Waals surface area contributed by atoms with Gasteiger partial charge in [0.25, 0.3) is 0 Å². The van der Waals surface area contributed by atoms with Gasteiger partial charge in [-0.2, -0.15) is 4.98 Å². The van der Waals surface area contributed by atoms with Gasteiger partial charge in [0.2, 0.25) is 5.95 Å². The Bertz CT molecular complexity index is 325. The Morgan fingerprint density at radius 2 is 2.19 bits per heavy atom. The predicted octanol–water partition coefficient (Wildman–Crippen LogP) is 0.434. The van der Waals surface area contributed by atoms with E-state index in [2.05, 4.69) is 39.7 Å². The number of aryl methyl sites for hydroxylation is 1. The molecule has 1 heterocycles. The number of rotatable bonds is 6. The quantitative estimate of drug-likeness (QED) is 0.369. The number of hydrazine groups is 1. The molecule has 0 aliphatic carbocycles. The molecule has 0 aliphatic heterocycles. The van der Waals surface area contributed by atoms with Crippen molar-refractivity contribution in [3.63, 3.8) is 0 Å². The number of anilines is 2. The Morgan fingerprint density at radius 1 is 1.44 bits per heavy atom. The van der Waals surface area contributed by atoms with Crippen LogP contribution in [0.4, 0.5) is 11.8 Å². The zero-order chi connectivity index (χ0) is 12.0. The van der Waals surface area contributed by atoms with E-state index in [1.807, 2.05) is 6.92 Å². The molecule has 0 aliphatic rings. The second kappa shape index (κ2) is 6.24. The van der Waals surface area contributed by atoms with Crippen molar-refractivity contribution >= 4 is 11.8 Å². The monoisotopic (exact) mass is 224 g/mol. The molecule has 0 radical (unpaired) electrons. The van der Waals surface area contributed by atoms with Gasteiger partial charge in [-0.3, -0.25) is 5.43 Å². The molecule has 0 saturated heterocycles. The number of hydrogen-bond acceptors (Lipinski definition) is 6. The molecule has 4 N–H and O–H groups in total.